The predicted molar refractivity (Wildman–Crippen MR) is 75.6 cm³/mol. The summed E-state index contributed by atoms with van der Waals surface area (Å²) in [6.45, 7) is 5.88. The zero-order chi connectivity index (χ0) is 13.7. The van der Waals surface area contributed by atoms with Crippen molar-refractivity contribution in [2.45, 2.75) is 45.3 Å². The molecule has 1 saturated carbocycles. The Morgan fingerprint density at radius 3 is 2.47 bits per heavy atom. The maximum absolute atomic E-state index is 13.1. The van der Waals surface area contributed by atoms with Crippen LogP contribution in [0.5, 0.6) is 0 Å². The first-order valence-corrected chi connectivity index (χ1v) is 7.36. The molecule has 1 fully saturated rings. The molecule has 0 bridgehead atoms. The van der Waals surface area contributed by atoms with Crippen LogP contribution in [0.25, 0.3) is 0 Å². The molecule has 0 aromatic heterocycles. The quantitative estimate of drug-likeness (QED) is 0.774. The van der Waals surface area contributed by atoms with Crippen molar-refractivity contribution in [3.05, 3.63) is 35.6 Å². The Kier molecular flexibility index (Phi) is 5.34. The lowest BCUT2D eigenvalue weighted by molar-refractivity contribution is 0.0186. The summed E-state index contributed by atoms with van der Waals surface area (Å²) in [4.78, 5) is 0. The number of hydrogen-bond donors (Lipinski definition) is 1. The van der Waals surface area contributed by atoms with E-state index in [-0.39, 0.29) is 18.0 Å². The fourth-order valence-corrected chi connectivity index (χ4v) is 2.52. The third-order valence-electron chi connectivity index (χ3n) is 3.62. The van der Waals surface area contributed by atoms with Crippen molar-refractivity contribution in [3.63, 3.8) is 0 Å². The number of nitrogens with one attached hydrogen (secondary N) is 1. The van der Waals surface area contributed by atoms with Crippen molar-refractivity contribution < 1.29 is 9.13 Å². The number of ether oxygens (including phenoxy) is 1. The second kappa shape index (κ2) is 7.01. The molecule has 0 saturated heterocycles. The molecule has 0 heterocycles. The summed E-state index contributed by atoms with van der Waals surface area (Å²) in [6, 6.07) is 6.99. The zero-order valence-electron chi connectivity index (χ0n) is 11.9. The zero-order valence-corrected chi connectivity index (χ0v) is 11.9. The first kappa shape index (κ1) is 14.5. The normalized spacial score (nSPS) is 18.3. The average Bonchev–Trinajstić information content (AvgIpc) is 3.24. The monoisotopic (exact) mass is 265 g/mol. The molecular formula is C16H24FNO. The van der Waals surface area contributed by atoms with Crippen molar-refractivity contribution in [2.75, 3.05) is 13.2 Å². The van der Waals surface area contributed by atoms with Gasteiger partial charge in [-0.3, -0.25) is 0 Å². The highest BCUT2D eigenvalue weighted by molar-refractivity contribution is 5.22. The topological polar surface area (TPSA) is 21.3 Å². The summed E-state index contributed by atoms with van der Waals surface area (Å²) in [5, 5.41) is 3.56. The fraction of sp³-hybridized carbons (Fsp3) is 0.625. The predicted octanol–water partition coefficient (Wildman–Crippen LogP) is 3.68. The first-order valence-electron chi connectivity index (χ1n) is 7.36. The van der Waals surface area contributed by atoms with Crippen molar-refractivity contribution in [3.8, 4) is 0 Å². The van der Waals surface area contributed by atoms with Crippen LogP contribution in [0.4, 0.5) is 4.39 Å². The Morgan fingerprint density at radius 1 is 1.26 bits per heavy atom. The molecule has 0 aliphatic heterocycles. The molecular weight excluding hydrogens is 241 g/mol. The van der Waals surface area contributed by atoms with E-state index in [0.717, 1.165) is 25.1 Å². The maximum Gasteiger partial charge on any atom is 0.123 e. The van der Waals surface area contributed by atoms with Gasteiger partial charge in [-0.1, -0.05) is 19.1 Å². The molecule has 0 radical (unpaired) electrons. The third-order valence-corrected chi connectivity index (χ3v) is 3.62. The molecule has 2 atom stereocenters. The van der Waals surface area contributed by atoms with E-state index >= 15 is 0 Å². The Bertz CT molecular complexity index is 375. The highest BCUT2D eigenvalue weighted by Gasteiger charge is 2.37. The van der Waals surface area contributed by atoms with Crippen LogP contribution in [0.1, 0.15) is 44.7 Å². The number of rotatable bonds is 8. The summed E-state index contributed by atoms with van der Waals surface area (Å²) < 4.78 is 19.0. The van der Waals surface area contributed by atoms with Crippen molar-refractivity contribution in [1.82, 2.24) is 5.32 Å². The number of hydrogen-bond acceptors (Lipinski definition) is 2. The molecule has 0 spiro atoms. The standard InChI is InChI=1S/C16H24FNO/c1-3-11-18-15(12-7-9-14(17)10-8-12)16(19-4-2)13-5-6-13/h7-10,13,15-16,18H,3-6,11H2,1-2H3. The lowest BCUT2D eigenvalue weighted by Crippen LogP contribution is -2.36. The molecule has 3 heteroatoms. The van der Waals surface area contributed by atoms with E-state index in [1.807, 2.05) is 19.1 Å². The molecule has 0 amide bonds. The fourth-order valence-electron chi connectivity index (χ4n) is 2.52. The molecule has 1 aromatic carbocycles. The van der Waals surface area contributed by atoms with Gasteiger partial charge in [0.25, 0.3) is 0 Å². The Labute approximate surface area is 115 Å². The van der Waals surface area contributed by atoms with Gasteiger partial charge in [-0.2, -0.15) is 0 Å². The van der Waals surface area contributed by atoms with Gasteiger partial charge in [0.1, 0.15) is 5.82 Å². The van der Waals surface area contributed by atoms with E-state index in [1.54, 1.807) is 0 Å². The summed E-state index contributed by atoms with van der Waals surface area (Å²) >= 11 is 0. The molecule has 19 heavy (non-hydrogen) atoms. The van der Waals surface area contributed by atoms with E-state index in [4.69, 9.17) is 4.74 Å². The van der Waals surface area contributed by atoms with Crippen LogP contribution < -0.4 is 5.32 Å². The van der Waals surface area contributed by atoms with Crippen LogP contribution in [0, 0.1) is 11.7 Å². The number of halogens is 1. The smallest absolute Gasteiger partial charge is 0.123 e. The van der Waals surface area contributed by atoms with Crippen molar-refractivity contribution >= 4 is 0 Å². The van der Waals surface area contributed by atoms with Gasteiger partial charge >= 0.3 is 0 Å². The SMILES string of the molecule is CCCNC(c1ccc(F)cc1)C(OCC)C1CC1. The largest absolute Gasteiger partial charge is 0.376 e. The summed E-state index contributed by atoms with van der Waals surface area (Å²) in [7, 11) is 0. The van der Waals surface area contributed by atoms with Crippen LogP contribution in [0.3, 0.4) is 0 Å². The minimum atomic E-state index is -0.183. The molecule has 2 rings (SSSR count). The van der Waals surface area contributed by atoms with E-state index in [2.05, 4.69) is 12.2 Å². The van der Waals surface area contributed by atoms with Crippen LogP contribution >= 0.6 is 0 Å². The maximum atomic E-state index is 13.1. The van der Waals surface area contributed by atoms with E-state index in [1.165, 1.54) is 25.0 Å². The summed E-state index contributed by atoms with van der Waals surface area (Å²) in [6.07, 6.45) is 3.79. The lowest BCUT2D eigenvalue weighted by atomic mass is 9.97. The van der Waals surface area contributed by atoms with E-state index in [9.17, 15) is 4.39 Å². The Morgan fingerprint density at radius 2 is 1.95 bits per heavy atom. The molecule has 1 aliphatic rings. The second-order valence-electron chi connectivity index (χ2n) is 5.24. The Balaban J connectivity index is 2.15. The minimum Gasteiger partial charge on any atom is -0.376 e. The molecule has 1 aromatic rings. The van der Waals surface area contributed by atoms with Gasteiger partial charge in [0.05, 0.1) is 12.1 Å². The van der Waals surface area contributed by atoms with Gasteiger partial charge in [0.2, 0.25) is 0 Å². The minimum absolute atomic E-state index is 0.174. The van der Waals surface area contributed by atoms with Gasteiger partial charge in [0, 0.05) is 6.61 Å². The van der Waals surface area contributed by atoms with E-state index in [0.29, 0.717) is 5.92 Å². The van der Waals surface area contributed by atoms with Crippen LogP contribution in [-0.4, -0.2) is 19.3 Å². The van der Waals surface area contributed by atoms with E-state index < -0.39 is 0 Å². The van der Waals surface area contributed by atoms with Crippen molar-refractivity contribution in [2.24, 2.45) is 5.92 Å². The molecule has 106 valence electrons. The third kappa shape index (κ3) is 4.02. The molecule has 1 N–H and O–H groups in total. The summed E-state index contributed by atoms with van der Waals surface area (Å²) in [5.41, 5.74) is 1.13. The number of benzene rings is 1. The summed E-state index contributed by atoms with van der Waals surface area (Å²) in [5.74, 6) is 0.469. The molecule has 2 nitrogen and oxygen atoms in total. The Hall–Kier alpha value is -0.930. The lowest BCUT2D eigenvalue weighted by Gasteiger charge is -2.28. The van der Waals surface area contributed by atoms with Gasteiger partial charge in [-0.15, -0.1) is 0 Å². The molecule has 1 aliphatic carbocycles. The highest BCUT2D eigenvalue weighted by atomic mass is 19.1. The van der Waals surface area contributed by atoms with Crippen LogP contribution in [-0.2, 0) is 4.74 Å². The van der Waals surface area contributed by atoms with Crippen LogP contribution in [0.15, 0.2) is 24.3 Å². The highest BCUT2D eigenvalue weighted by Crippen LogP contribution is 2.40. The average molecular weight is 265 g/mol. The van der Waals surface area contributed by atoms with Gasteiger partial charge in [-0.25, -0.2) is 4.39 Å². The van der Waals surface area contributed by atoms with Gasteiger partial charge in [-0.05, 0) is 56.3 Å². The molecule has 2 unspecified atom stereocenters. The van der Waals surface area contributed by atoms with Crippen LogP contribution in [0.2, 0.25) is 0 Å². The van der Waals surface area contributed by atoms with Gasteiger partial charge in [0.15, 0.2) is 0 Å². The van der Waals surface area contributed by atoms with Gasteiger partial charge < -0.3 is 10.1 Å². The second-order valence-corrected chi connectivity index (χ2v) is 5.24. The van der Waals surface area contributed by atoms with Crippen molar-refractivity contribution in [1.29, 1.82) is 0 Å². The first-order chi connectivity index (χ1) is 9.26.